The highest BCUT2D eigenvalue weighted by Gasteiger charge is 2.33. The number of hydrazone groups is 1. The summed E-state index contributed by atoms with van der Waals surface area (Å²) in [6.07, 6.45) is 3.44. The predicted molar refractivity (Wildman–Crippen MR) is 143 cm³/mol. The Morgan fingerprint density at radius 2 is 1.49 bits per heavy atom. The minimum Gasteiger partial charge on any atom is -0.481 e. The first kappa shape index (κ1) is 24.1. The van der Waals surface area contributed by atoms with Crippen LogP contribution < -0.4 is 4.90 Å². The number of carboxylic acids is 1. The smallest absolute Gasteiger partial charge is 0.303 e. The molecular formula is C29H27N5O3. The fraction of sp³-hybridized carbons (Fsp3) is 0.207. The summed E-state index contributed by atoms with van der Waals surface area (Å²) < 4.78 is 0. The second-order valence-corrected chi connectivity index (χ2v) is 9.22. The summed E-state index contributed by atoms with van der Waals surface area (Å²) in [5.74, 6) is -1.33. The fourth-order valence-corrected chi connectivity index (χ4v) is 4.50. The first-order valence-corrected chi connectivity index (χ1v) is 12.1. The highest BCUT2D eigenvalue weighted by Crippen LogP contribution is 2.35. The van der Waals surface area contributed by atoms with E-state index in [0.717, 1.165) is 44.7 Å². The van der Waals surface area contributed by atoms with Gasteiger partial charge in [0.1, 0.15) is 0 Å². The largest absolute Gasteiger partial charge is 0.481 e. The van der Waals surface area contributed by atoms with Crippen LogP contribution in [0.25, 0.3) is 22.2 Å². The van der Waals surface area contributed by atoms with Gasteiger partial charge in [-0.15, -0.1) is 0 Å². The molecule has 2 heterocycles. The zero-order valence-electron chi connectivity index (χ0n) is 20.7. The van der Waals surface area contributed by atoms with E-state index < -0.39 is 5.97 Å². The molecule has 186 valence electrons. The number of anilines is 1. The van der Waals surface area contributed by atoms with E-state index in [1.54, 1.807) is 12.4 Å². The third-order valence-electron chi connectivity index (χ3n) is 6.53. The van der Waals surface area contributed by atoms with Gasteiger partial charge in [-0.05, 0) is 46.5 Å². The lowest BCUT2D eigenvalue weighted by atomic mass is 9.96. The Morgan fingerprint density at radius 3 is 2.14 bits per heavy atom. The molecule has 0 spiro atoms. The predicted octanol–water partition coefficient (Wildman–Crippen LogP) is 4.91. The van der Waals surface area contributed by atoms with E-state index in [-0.39, 0.29) is 24.8 Å². The van der Waals surface area contributed by atoms with Gasteiger partial charge in [0.15, 0.2) is 0 Å². The Morgan fingerprint density at radius 1 is 0.865 bits per heavy atom. The lowest BCUT2D eigenvalue weighted by Gasteiger charge is -2.22. The van der Waals surface area contributed by atoms with Crippen LogP contribution in [0.15, 0.2) is 84.2 Å². The molecule has 1 atom stereocenters. The highest BCUT2D eigenvalue weighted by atomic mass is 16.4. The van der Waals surface area contributed by atoms with Crippen molar-refractivity contribution in [3.05, 3.63) is 90.3 Å². The van der Waals surface area contributed by atoms with Gasteiger partial charge in [0.25, 0.3) is 0 Å². The van der Waals surface area contributed by atoms with Crippen molar-refractivity contribution in [1.82, 2.24) is 15.0 Å². The van der Waals surface area contributed by atoms with Crippen molar-refractivity contribution in [1.29, 1.82) is 0 Å². The highest BCUT2D eigenvalue weighted by molar-refractivity contribution is 6.03. The van der Waals surface area contributed by atoms with E-state index in [9.17, 15) is 9.59 Å². The minimum absolute atomic E-state index is 0.113. The molecule has 0 saturated carbocycles. The van der Waals surface area contributed by atoms with Crippen molar-refractivity contribution < 1.29 is 14.7 Å². The molecule has 5 rings (SSSR count). The SMILES string of the molecule is CN(C)c1ccc(-c2ccc(C3=NN(C(=O)CCC(=O)O)C(c4ccc5nccnc5c4)C3)cc2)cc1. The molecule has 0 radical (unpaired) electrons. The molecular weight excluding hydrogens is 466 g/mol. The summed E-state index contributed by atoms with van der Waals surface area (Å²) >= 11 is 0. The topological polar surface area (TPSA) is 99.0 Å². The standard InChI is InChI=1S/C29H27N5O3/c1-33(2)23-10-7-20(8-11-23)19-3-5-21(6-4-19)25-18-27(34(32-25)28(35)13-14-29(36)37)22-9-12-24-26(17-22)31-16-15-30-24/h3-12,15-17,27H,13-14,18H2,1-2H3,(H,36,37). The molecule has 0 aliphatic carbocycles. The number of nitrogens with zero attached hydrogens (tertiary/aromatic N) is 5. The average Bonchev–Trinajstić information content (AvgIpc) is 3.37. The van der Waals surface area contributed by atoms with E-state index in [2.05, 4.69) is 56.4 Å². The zero-order chi connectivity index (χ0) is 25.9. The Balaban J connectivity index is 1.43. The maximum absolute atomic E-state index is 13.0. The van der Waals surface area contributed by atoms with E-state index in [4.69, 9.17) is 5.11 Å². The number of carboxylic acid groups (broad SMARTS) is 1. The second-order valence-electron chi connectivity index (χ2n) is 9.22. The fourth-order valence-electron chi connectivity index (χ4n) is 4.50. The van der Waals surface area contributed by atoms with Crippen molar-refractivity contribution in [3.8, 4) is 11.1 Å². The lowest BCUT2D eigenvalue weighted by molar-refractivity contribution is -0.141. The Bertz CT molecular complexity index is 1480. The first-order chi connectivity index (χ1) is 17.9. The van der Waals surface area contributed by atoms with Crippen LogP contribution in [-0.4, -0.2) is 51.8 Å². The quantitative estimate of drug-likeness (QED) is 0.393. The number of aromatic nitrogens is 2. The molecule has 0 bridgehead atoms. The minimum atomic E-state index is -1.01. The van der Waals surface area contributed by atoms with Crippen molar-refractivity contribution in [2.75, 3.05) is 19.0 Å². The van der Waals surface area contributed by atoms with Crippen molar-refractivity contribution in [2.45, 2.75) is 25.3 Å². The summed E-state index contributed by atoms with van der Waals surface area (Å²) in [4.78, 5) is 34.9. The van der Waals surface area contributed by atoms with Gasteiger partial charge in [0, 0.05) is 45.0 Å². The van der Waals surface area contributed by atoms with Gasteiger partial charge in [-0.3, -0.25) is 19.6 Å². The molecule has 4 aromatic rings. The Labute approximate surface area is 214 Å². The number of hydrogen-bond donors (Lipinski definition) is 1. The maximum atomic E-state index is 13.0. The summed E-state index contributed by atoms with van der Waals surface area (Å²) in [7, 11) is 4.03. The number of benzene rings is 3. The second kappa shape index (κ2) is 10.2. The third kappa shape index (κ3) is 5.18. The van der Waals surface area contributed by atoms with E-state index >= 15 is 0 Å². The van der Waals surface area contributed by atoms with Crippen molar-refractivity contribution in [3.63, 3.8) is 0 Å². The van der Waals surface area contributed by atoms with Crippen LogP contribution in [-0.2, 0) is 9.59 Å². The van der Waals surface area contributed by atoms with E-state index in [1.165, 1.54) is 5.01 Å². The molecule has 8 nitrogen and oxygen atoms in total. The molecule has 8 heteroatoms. The number of aliphatic carboxylic acids is 1. The molecule has 1 aliphatic rings. The van der Waals surface area contributed by atoms with Gasteiger partial charge in [-0.25, -0.2) is 5.01 Å². The summed E-state index contributed by atoms with van der Waals surface area (Å²) in [5.41, 5.74) is 7.43. The number of hydrogen-bond acceptors (Lipinski definition) is 6. The van der Waals surface area contributed by atoms with Gasteiger partial charge >= 0.3 is 5.97 Å². The van der Waals surface area contributed by atoms with Crippen LogP contribution in [0.5, 0.6) is 0 Å². The molecule has 1 unspecified atom stereocenters. The molecule has 1 aromatic heterocycles. The van der Waals surface area contributed by atoms with Gasteiger partial charge < -0.3 is 10.0 Å². The number of carbonyl (C=O) groups excluding carboxylic acids is 1. The monoisotopic (exact) mass is 493 g/mol. The summed E-state index contributed by atoms with van der Waals surface area (Å²) in [6.45, 7) is 0. The van der Waals surface area contributed by atoms with Crippen LogP contribution in [0.4, 0.5) is 5.69 Å². The summed E-state index contributed by atoms with van der Waals surface area (Å²) in [5, 5.41) is 15.2. The third-order valence-corrected chi connectivity index (χ3v) is 6.53. The van der Waals surface area contributed by atoms with Gasteiger partial charge in [-0.2, -0.15) is 5.10 Å². The number of fused-ring (bicyclic) bond motifs is 1. The lowest BCUT2D eigenvalue weighted by Crippen LogP contribution is -2.27. The molecule has 0 fully saturated rings. The Kier molecular flexibility index (Phi) is 6.64. The number of amides is 1. The molecule has 1 aliphatic heterocycles. The number of rotatable bonds is 7. The van der Waals surface area contributed by atoms with E-state index in [0.29, 0.717) is 6.42 Å². The van der Waals surface area contributed by atoms with E-state index in [1.807, 2.05) is 44.4 Å². The molecule has 3 aromatic carbocycles. The molecule has 1 N–H and O–H groups in total. The first-order valence-electron chi connectivity index (χ1n) is 12.1. The van der Waals surface area contributed by atoms with Crippen molar-refractivity contribution in [2.24, 2.45) is 5.10 Å². The van der Waals surface area contributed by atoms with Crippen LogP contribution in [0.3, 0.4) is 0 Å². The van der Waals surface area contributed by atoms with Crippen molar-refractivity contribution >= 4 is 34.3 Å². The molecule has 0 saturated heterocycles. The maximum Gasteiger partial charge on any atom is 0.303 e. The molecule has 37 heavy (non-hydrogen) atoms. The van der Waals surface area contributed by atoms with Crippen LogP contribution in [0.1, 0.15) is 36.4 Å². The van der Waals surface area contributed by atoms with Crippen LogP contribution in [0, 0.1) is 0 Å². The van der Waals surface area contributed by atoms with Gasteiger partial charge in [0.05, 0.1) is 29.2 Å². The van der Waals surface area contributed by atoms with Gasteiger partial charge in [-0.1, -0.05) is 42.5 Å². The number of carbonyl (C=O) groups is 2. The normalized spacial score (nSPS) is 15.0. The Hall–Kier alpha value is -4.59. The zero-order valence-corrected chi connectivity index (χ0v) is 20.7. The van der Waals surface area contributed by atoms with Crippen LogP contribution in [0.2, 0.25) is 0 Å². The van der Waals surface area contributed by atoms with Crippen LogP contribution >= 0.6 is 0 Å². The average molecular weight is 494 g/mol. The summed E-state index contributed by atoms with van der Waals surface area (Å²) in [6, 6.07) is 21.9. The van der Waals surface area contributed by atoms with Gasteiger partial charge in [0.2, 0.25) is 5.91 Å². The molecule has 1 amide bonds.